The van der Waals surface area contributed by atoms with Gasteiger partial charge in [0, 0.05) is 26.2 Å². The molecule has 0 saturated carbocycles. The van der Waals surface area contributed by atoms with Crippen LogP contribution in [0.4, 0.5) is 0 Å². The van der Waals surface area contributed by atoms with Crippen LogP contribution in [0.1, 0.15) is 33.6 Å². The lowest BCUT2D eigenvalue weighted by Crippen LogP contribution is -2.46. The summed E-state index contributed by atoms with van der Waals surface area (Å²) in [4.78, 5) is 11.0. The van der Waals surface area contributed by atoms with Crippen molar-refractivity contribution >= 4 is 16.2 Å². The molecule has 7 heteroatoms. The highest BCUT2D eigenvalue weighted by Crippen LogP contribution is 2.12. The number of carbonyl (C=O) groups excluding carboxylic acids is 1. The summed E-state index contributed by atoms with van der Waals surface area (Å²) in [7, 11) is -0.746. The molecular weight excluding hydrogens is 256 g/mol. The fourth-order valence-corrected chi connectivity index (χ4v) is 3.13. The van der Waals surface area contributed by atoms with Gasteiger partial charge in [-0.15, -0.1) is 0 Å². The van der Waals surface area contributed by atoms with Crippen LogP contribution in [0.3, 0.4) is 0 Å². The van der Waals surface area contributed by atoms with E-state index >= 15 is 0 Å². The SMILES string of the molecule is CCCN(C(C)C)S(=O)(=O)N(C)CCC(=O)OC. The van der Waals surface area contributed by atoms with E-state index in [4.69, 9.17) is 0 Å². The lowest BCUT2D eigenvalue weighted by atomic mass is 10.4. The topological polar surface area (TPSA) is 66.9 Å². The van der Waals surface area contributed by atoms with Crippen LogP contribution in [0.2, 0.25) is 0 Å². The second-order valence-electron chi connectivity index (χ2n) is 4.36. The van der Waals surface area contributed by atoms with E-state index in [9.17, 15) is 13.2 Å². The van der Waals surface area contributed by atoms with E-state index in [1.807, 2.05) is 20.8 Å². The molecule has 0 heterocycles. The highest BCUT2D eigenvalue weighted by Gasteiger charge is 2.28. The Labute approximate surface area is 110 Å². The first kappa shape index (κ1) is 17.3. The minimum Gasteiger partial charge on any atom is -0.469 e. The minimum atomic E-state index is -3.51. The van der Waals surface area contributed by atoms with E-state index in [2.05, 4.69) is 4.74 Å². The molecule has 0 aliphatic rings. The first-order chi connectivity index (χ1) is 8.27. The van der Waals surface area contributed by atoms with Gasteiger partial charge < -0.3 is 4.74 Å². The predicted molar refractivity (Wildman–Crippen MR) is 70.3 cm³/mol. The maximum atomic E-state index is 12.3. The van der Waals surface area contributed by atoms with Gasteiger partial charge in [-0.3, -0.25) is 4.79 Å². The van der Waals surface area contributed by atoms with Crippen molar-refractivity contribution in [3.05, 3.63) is 0 Å². The number of nitrogens with zero attached hydrogens (tertiary/aromatic N) is 2. The van der Waals surface area contributed by atoms with Crippen LogP contribution in [0.15, 0.2) is 0 Å². The zero-order valence-corrected chi connectivity index (χ0v) is 12.7. The Morgan fingerprint density at radius 2 is 1.83 bits per heavy atom. The maximum absolute atomic E-state index is 12.3. The average molecular weight is 280 g/mol. The van der Waals surface area contributed by atoms with Crippen molar-refractivity contribution in [3.63, 3.8) is 0 Å². The number of ether oxygens (including phenoxy) is 1. The Morgan fingerprint density at radius 3 is 2.22 bits per heavy atom. The molecule has 6 nitrogen and oxygen atoms in total. The zero-order valence-electron chi connectivity index (χ0n) is 11.8. The molecule has 0 aliphatic carbocycles. The van der Waals surface area contributed by atoms with Crippen molar-refractivity contribution in [1.29, 1.82) is 0 Å². The van der Waals surface area contributed by atoms with Crippen molar-refractivity contribution < 1.29 is 17.9 Å². The molecular formula is C11H24N2O4S. The molecule has 0 rings (SSSR count). The lowest BCUT2D eigenvalue weighted by molar-refractivity contribution is -0.140. The van der Waals surface area contributed by atoms with Crippen molar-refractivity contribution in [2.24, 2.45) is 0 Å². The van der Waals surface area contributed by atoms with Gasteiger partial charge in [-0.05, 0) is 20.3 Å². The fraction of sp³-hybridized carbons (Fsp3) is 0.909. The van der Waals surface area contributed by atoms with E-state index in [1.165, 1.54) is 22.8 Å². The van der Waals surface area contributed by atoms with Crippen molar-refractivity contribution in [3.8, 4) is 0 Å². The third-order valence-electron chi connectivity index (χ3n) is 2.57. The Kier molecular flexibility index (Phi) is 7.42. The van der Waals surface area contributed by atoms with Crippen molar-refractivity contribution in [2.45, 2.75) is 39.7 Å². The Hall–Kier alpha value is -0.660. The van der Waals surface area contributed by atoms with Crippen LogP contribution in [-0.4, -0.2) is 56.3 Å². The molecule has 0 fully saturated rings. The minimum absolute atomic E-state index is 0.0598. The summed E-state index contributed by atoms with van der Waals surface area (Å²) in [5.74, 6) is -0.413. The van der Waals surface area contributed by atoms with Gasteiger partial charge in [0.1, 0.15) is 0 Å². The van der Waals surface area contributed by atoms with Gasteiger partial charge >= 0.3 is 5.97 Å². The molecule has 0 aromatic carbocycles. The van der Waals surface area contributed by atoms with Crippen LogP contribution in [-0.2, 0) is 19.7 Å². The molecule has 108 valence electrons. The number of carbonyl (C=O) groups is 1. The fourth-order valence-electron chi connectivity index (χ4n) is 1.51. The van der Waals surface area contributed by atoms with E-state index < -0.39 is 16.2 Å². The van der Waals surface area contributed by atoms with Crippen LogP contribution in [0.5, 0.6) is 0 Å². The highest BCUT2D eigenvalue weighted by atomic mass is 32.2. The summed E-state index contributed by atoms with van der Waals surface area (Å²) in [6.07, 6.45) is 0.812. The zero-order chi connectivity index (χ0) is 14.3. The molecule has 0 bridgehead atoms. The normalized spacial score (nSPS) is 12.4. The molecule has 0 atom stereocenters. The number of hydrogen-bond acceptors (Lipinski definition) is 4. The molecule has 0 aromatic heterocycles. The van der Waals surface area contributed by atoms with Gasteiger partial charge in [-0.2, -0.15) is 17.0 Å². The van der Waals surface area contributed by atoms with Crippen molar-refractivity contribution in [2.75, 3.05) is 27.2 Å². The monoisotopic (exact) mass is 280 g/mol. The molecule has 0 N–H and O–H groups in total. The lowest BCUT2D eigenvalue weighted by Gasteiger charge is -2.29. The second kappa shape index (κ2) is 7.70. The molecule has 0 aromatic rings. The molecule has 0 saturated heterocycles. The van der Waals surface area contributed by atoms with E-state index in [0.717, 1.165) is 6.42 Å². The third-order valence-corrected chi connectivity index (χ3v) is 4.74. The second-order valence-corrected chi connectivity index (χ2v) is 6.35. The number of hydrogen-bond donors (Lipinski definition) is 0. The third kappa shape index (κ3) is 4.91. The van der Waals surface area contributed by atoms with E-state index in [0.29, 0.717) is 6.54 Å². The van der Waals surface area contributed by atoms with Gasteiger partial charge in [-0.1, -0.05) is 6.92 Å². The molecule has 18 heavy (non-hydrogen) atoms. The van der Waals surface area contributed by atoms with Gasteiger partial charge in [0.05, 0.1) is 13.5 Å². The van der Waals surface area contributed by atoms with Gasteiger partial charge in [0.25, 0.3) is 10.2 Å². The predicted octanol–water partition coefficient (Wildman–Crippen LogP) is 0.847. The largest absolute Gasteiger partial charge is 0.469 e. The maximum Gasteiger partial charge on any atom is 0.306 e. The van der Waals surface area contributed by atoms with E-state index in [-0.39, 0.29) is 19.0 Å². The van der Waals surface area contributed by atoms with Crippen LogP contribution >= 0.6 is 0 Å². The van der Waals surface area contributed by atoms with Gasteiger partial charge in [0.2, 0.25) is 0 Å². The summed E-state index contributed by atoms with van der Waals surface area (Å²) in [5.41, 5.74) is 0. The first-order valence-corrected chi connectivity index (χ1v) is 7.47. The summed E-state index contributed by atoms with van der Waals surface area (Å²) in [6, 6.07) is -0.101. The molecule has 0 unspecified atom stereocenters. The van der Waals surface area contributed by atoms with Gasteiger partial charge in [0.15, 0.2) is 0 Å². The van der Waals surface area contributed by atoms with Gasteiger partial charge in [-0.25, -0.2) is 0 Å². The molecule has 0 spiro atoms. The van der Waals surface area contributed by atoms with E-state index in [1.54, 1.807) is 0 Å². The number of methoxy groups -OCH3 is 1. The number of esters is 1. The smallest absolute Gasteiger partial charge is 0.306 e. The Morgan fingerprint density at radius 1 is 1.28 bits per heavy atom. The van der Waals surface area contributed by atoms with Crippen LogP contribution < -0.4 is 0 Å². The van der Waals surface area contributed by atoms with Crippen LogP contribution in [0.25, 0.3) is 0 Å². The average Bonchev–Trinajstić information content (AvgIpc) is 2.31. The summed E-state index contributed by atoms with van der Waals surface area (Å²) in [6.45, 7) is 6.20. The number of rotatable bonds is 8. The molecule has 0 amide bonds. The molecule has 0 aliphatic heterocycles. The molecule has 0 radical (unpaired) electrons. The first-order valence-electron chi connectivity index (χ1n) is 6.07. The van der Waals surface area contributed by atoms with Crippen LogP contribution in [0, 0.1) is 0 Å². The Bertz CT molecular complexity index is 354. The summed E-state index contributed by atoms with van der Waals surface area (Å²) >= 11 is 0. The van der Waals surface area contributed by atoms with Crippen molar-refractivity contribution in [1.82, 2.24) is 8.61 Å². The summed E-state index contributed by atoms with van der Waals surface area (Å²) in [5, 5.41) is 0. The highest BCUT2D eigenvalue weighted by molar-refractivity contribution is 7.86. The quantitative estimate of drug-likeness (QED) is 0.618. The Balaban J connectivity index is 4.72. The summed E-state index contributed by atoms with van der Waals surface area (Å²) < 4.78 is 31.6. The standard InChI is InChI=1S/C11H24N2O4S/c1-6-8-13(10(2)3)18(15,16)12(4)9-7-11(14)17-5/h10H,6-9H2,1-5H3.